The molecule has 0 fully saturated rings. The number of fused-ring (bicyclic) bond motifs is 17. The number of rotatable bonds is 4. The van der Waals surface area contributed by atoms with Crippen molar-refractivity contribution in [2.24, 2.45) is 0 Å². The third-order valence-corrected chi connectivity index (χ3v) is 13.8. The largest absolute Gasteiger partial charge is 0.309 e. The van der Waals surface area contributed by atoms with E-state index >= 15 is 0 Å². The molecule has 292 valence electrons. The van der Waals surface area contributed by atoms with Gasteiger partial charge in [-0.2, -0.15) is 0 Å². The van der Waals surface area contributed by atoms with Crippen molar-refractivity contribution >= 4 is 43.6 Å². The van der Waals surface area contributed by atoms with Crippen molar-refractivity contribution in [3.05, 3.63) is 241 Å². The van der Waals surface area contributed by atoms with E-state index in [9.17, 15) is 0 Å². The summed E-state index contributed by atoms with van der Waals surface area (Å²) in [5.74, 6) is 1.53. The standard InChI is InChI=1S/C59H36N4/c1-2-16-38(17-3-1)58-60-50(36-55(61-58)63-51-27-13-7-20-42(51)43-21-8-14-28-52(43)63)37-30-32-39(33-31-37)62-53-29-15-9-23-45(53)57-54(62)35-34-49-56(57)44-22-6-12-26-48(44)59(49)46-24-10-4-18-40(46)41-19-5-11-25-47(41)59/h1-36H. The average Bonchev–Trinajstić information content (AvgIpc) is 4.06. The van der Waals surface area contributed by atoms with Gasteiger partial charge in [0, 0.05) is 44.4 Å². The minimum absolute atomic E-state index is 0.396. The van der Waals surface area contributed by atoms with E-state index in [1.165, 1.54) is 77.1 Å². The van der Waals surface area contributed by atoms with Gasteiger partial charge in [-0.05, 0) is 80.9 Å². The van der Waals surface area contributed by atoms with Crippen molar-refractivity contribution < 1.29 is 0 Å². The molecule has 0 amide bonds. The smallest absolute Gasteiger partial charge is 0.162 e. The lowest BCUT2D eigenvalue weighted by molar-refractivity contribution is 0.794. The van der Waals surface area contributed by atoms with Gasteiger partial charge in [0.05, 0.1) is 33.2 Å². The van der Waals surface area contributed by atoms with Gasteiger partial charge in [0.2, 0.25) is 0 Å². The topological polar surface area (TPSA) is 35.6 Å². The van der Waals surface area contributed by atoms with E-state index < -0.39 is 5.41 Å². The van der Waals surface area contributed by atoms with Crippen LogP contribution in [0.2, 0.25) is 0 Å². The fourth-order valence-corrected chi connectivity index (χ4v) is 11.3. The molecule has 3 aromatic heterocycles. The number of benzene rings is 9. The van der Waals surface area contributed by atoms with Gasteiger partial charge in [0.25, 0.3) is 0 Å². The lowest BCUT2D eigenvalue weighted by Crippen LogP contribution is -2.25. The number of hydrogen-bond acceptors (Lipinski definition) is 2. The van der Waals surface area contributed by atoms with Crippen LogP contribution >= 0.6 is 0 Å². The zero-order valence-corrected chi connectivity index (χ0v) is 34.1. The van der Waals surface area contributed by atoms with Crippen LogP contribution in [0, 0.1) is 0 Å². The third-order valence-electron chi connectivity index (χ3n) is 13.8. The summed E-state index contributed by atoms with van der Waals surface area (Å²) in [5.41, 5.74) is 18.9. The predicted molar refractivity (Wildman–Crippen MR) is 258 cm³/mol. The molecule has 14 rings (SSSR count). The van der Waals surface area contributed by atoms with E-state index in [0.29, 0.717) is 5.82 Å². The Balaban J connectivity index is 0.966. The molecule has 0 bridgehead atoms. The lowest BCUT2D eigenvalue weighted by atomic mass is 9.70. The SMILES string of the molecule is c1ccc(-c2nc(-c3ccc(-n4c5ccccc5c5c6c(ccc54)C4(c5ccccc5-c5ccccc54)c4ccccc4-6)cc3)cc(-n3c4ccccc4c4ccccc43)n2)cc1. The second-order valence-electron chi connectivity index (χ2n) is 16.8. The summed E-state index contributed by atoms with van der Waals surface area (Å²) in [6.07, 6.45) is 0. The summed E-state index contributed by atoms with van der Waals surface area (Å²) in [7, 11) is 0. The molecule has 0 unspecified atom stereocenters. The van der Waals surface area contributed by atoms with Crippen molar-refractivity contribution in [3.63, 3.8) is 0 Å². The van der Waals surface area contributed by atoms with Gasteiger partial charge >= 0.3 is 0 Å². The van der Waals surface area contributed by atoms with E-state index in [2.05, 4.69) is 209 Å². The van der Waals surface area contributed by atoms with Gasteiger partial charge < -0.3 is 4.57 Å². The first kappa shape index (κ1) is 34.4. The van der Waals surface area contributed by atoms with Crippen LogP contribution in [0.25, 0.3) is 100 Å². The molecule has 2 aliphatic carbocycles. The first-order valence-electron chi connectivity index (χ1n) is 21.7. The molecule has 0 aliphatic heterocycles. The van der Waals surface area contributed by atoms with Crippen LogP contribution in [0.1, 0.15) is 22.3 Å². The van der Waals surface area contributed by atoms with Gasteiger partial charge in [-0.25, -0.2) is 9.97 Å². The molecule has 63 heavy (non-hydrogen) atoms. The number of hydrogen-bond donors (Lipinski definition) is 0. The maximum Gasteiger partial charge on any atom is 0.162 e. The van der Waals surface area contributed by atoms with Crippen LogP contribution in [-0.2, 0) is 5.41 Å². The third kappa shape index (κ3) is 4.59. The normalized spacial score (nSPS) is 13.2. The van der Waals surface area contributed by atoms with Gasteiger partial charge in [-0.1, -0.05) is 176 Å². The highest BCUT2D eigenvalue weighted by Crippen LogP contribution is 2.64. The Hall–Kier alpha value is -8.34. The van der Waals surface area contributed by atoms with Crippen molar-refractivity contribution in [2.75, 3.05) is 0 Å². The molecule has 0 radical (unpaired) electrons. The molecule has 0 saturated heterocycles. The fourth-order valence-electron chi connectivity index (χ4n) is 11.3. The molecule has 3 heterocycles. The van der Waals surface area contributed by atoms with Crippen LogP contribution in [0.15, 0.2) is 218 Å². The van der Waals surface area contributed by atoms with Crippen molar-refractivity contribution in [1.29, 1.82) is 0 Å². The highest BCUT2D eigenvalue weighted by Gasteiger charge is 2.52. The van der Waals surface area contributed by atoms with E-state index in [1.807, 2.05) is 18.2 Å². The minimum Gasteiger partial charge on any atom is -0.309 e. The number of para-hydroxylation sites is 3. The quantitative estimate of drug-likeness (QED) is 0.178. The minimum atomic E-state index is -0.396. The van der Waals surface area contributed by atoms with E-state index in [-0.39, 0.29) is 0 Å². The van der Waals surface area contributed by atoms with Crippen LogP contribution in [-0.4, -0.2) is 19.1 Å². The van der Waals surface area contributed by atoms with E-state index in [1.54, 1.807) is 0 Å². The van der Waals surface area contributed by atoms with Gasteiger partial charge in [-0.15, -0.1) is 0 Å². The van der Waals surface area contributed by atoms with Crippen molar-refractivity contribution in [3.8, 4) is 56.4 Å². The Morgan fingerprint density at radius 1 is 0.349 bits per heavy atom. The second kappa shape index (κ2) is 12.8. The lowest BCUT2D eigenvalue weighted by Gasteiger charge is -2.30. The maximum atomic E-state index is 5.24. The van der Waals surface area contributed by atoms with E-state index in [0.717, 1.165) is 39.4 Å². The Morgan fingerprint density at radius 2 is 0.873 bits per heavy atom. The summed E-state index contributed by atoms with van der Waals surface area (Å²) in [4.78, 5) is 10.5. The van der Waals surface area contributed by atoms with Gasteiger partial charge in [-0.3, -0.25) is 4.57 Å². The fraction of sp³-hybridized carbons (Fsp3) is 0.0169. The molecule has 1 spiro atoms. The monoisotopic (exact) mass is 800 g/mol. The van der Waals surface area contributed by atoms with Crippen LogP contribution in [0.5, 0.6) is 0 Å². The average molecular weight is 801 g/mol. The molecule has 4 nitrogen and oxygen atoms in total. The summed E-state index contributed by atoms with van der Waals surface area (Å²) >= 11 is 0. The molecule has 0 N–H and O–H groups in total. The summed E-state index contributed by atoms with van der Waals surface area (Å²) in [5, 5.41) is 4.94. The summed E-state index contributed by atoms with van der Waals surface area (Å²) in [6, 6.07) is 79.4. The summed E-state index contributed by atoms with van der Waals surface area (Å²) < 4.78 is 4.72. The Kier molecular flexibility index (Phi) is 7.01. The van der Waals surface area contributed by atoms with E-state index in [4.69, 9.17) is 9.97 Å². The van der Waals surface area contributed by atoms with Gasteiger partial charge in [0.1, 0.15) is 5.82 Å². The maximum absolute atomic E-state index is 5.24. The molecule has 0 saturated carbocycles. The molecule has 2 aliphatic rings. The second-order valence-corrected chi connectivity index (χ2v) is 16.8. The molecular weight excluding hydrogens is 765 g/mol. The molecular formula is C59H36N4. The zero-order chi connectivity index (χ0) is 41.2. The first-order chi connectivity index (χ1) is 31.3. The Bertz CT molecular complexity index is 3750. The zero-order valence-electron chi connectivity index (χ0n) is 34.1. The van der Waals surface area contributed by atoms with Crippen molar-refractivity contribution in [2.45, 2.75) is 5.41 Å². The summed E-state index contributed by atoms with van der Waals surface area (Å²) in [6.45, 7) is 0. The molecule has 9 aromatic carbocycles. The highest BCUT2D eigenvalue weighted by atomic mass is 15.1. The first-order valence-corrected chi connectivity index (χ1v) is 21.7. The molecule has 0 atom stereocenters. The molecule has 4 heteroatoms. The molecule has 12 aromatic rings. The van der Waals surface area contributed by atoms with Crippen molar-refractivity contribution in [1.82, 2.24) is 19.1 Å². The Morgan fingerprint density at radius 3 is 1.52 bits per heavy atom. The van der Waals surface area contributed by atoms with Crippen LogP contribution < -0.4 is 0 Å². The number of nitrogens with zero attached hydrogens (tertiary/aromatic N) is 4. The van der Waals surface area contributed by atoms with Gasteiger partial charge in [0.15, 0.2) is 5.82 Å². The number of aromatic nitrogens is 4. The Labute approximate surface area is 363 Å². The predicted octanol–water partition coefficient (Wildman–Crippen LogP) is 14.3. The highest BCUT2D eigenvalue weighted by molar-refractivity contribution is 6.19. The van der Waals surface area contributed by atoms with Crippen LogP contribution in [0.4, 0.5) is 0 Å². The van der Waals surface area contributed by atoms with Crippen LogP contribution in [0.3, 0.4) is 0 Å².